The monoisotopic (exact) mass is 311 g/mol. The first-order valence-corrected chi connectivity index (χ1v) is 5.35. The summed E-state index contributed by atoms with van der Waals surface area (Å²) in [4.78, 5) is 10.9. The molecule has 0 radical (unpaired) electrons. The number of nitrogens with two attached hydrogens (primary N) is 1. The molecule has 1 unspecified atom stereocenters. The molecule has 1 amide bonds. The van der Waals surface area contributed by atoms with E-state index >= 15 is 0 Å². The molecular weight excluding hydrogens is 303 g/mol. The predicted molar refractivity (Wildman–Crippen MR) is 58.4 cm³/mol. The topological polar surface area (TPSA) is 63.3 Å². The molecule has 0 spiro atoms. The Morgan fingerprint density at radius 1 is 1.47 bits per heavy atom. The van der Waals surface area contributed by atoms with Gasteiger partial charge in [-0.2, -0.15) is 0 Å². The minimum atomic E-state index is -2.94. The van der Waals surface area contributed by atoms with Crippen LogP contribution in [0.5, 0.6) is 0 Å². The second-order valence-electron chi connectivity index (χ2n) is 3.34. The van der Waals surface area contributed by atoms with Crippen molar-refractivity contribution < 1.29 is 23.1 Å². The van der Waals surface area contributed by atoms with Gasteiger partial charge in [-0.15, -0.1) is 0 Å². The Morgan fingerprint density at radius 3 is 2.47 bits per heavy atom. The molecule has 3 nitrogen and oxygen atoms in total. The summed E-state index contributed by atoms with van der Waals surface area (Å²) in [5, 5.41) is 8.82. The van der Waals surface area contributed by atoms with Gasteiger partial charge in [-0.1, -0.05) is 15.9 Å². The SMILES string of the molecule is NC(=O)c1cc(Br)cc(C(CO)C(F)F)c1F. The van der Waals surface area contributed by atoms with Crippen LogP contribution in [0, 0.1) is 5.82 Å². The van der Waals surface area contributed by atoms with E-state index in [1.807, 2.05) is 0 Å². The van der Waals surface area contributed by atoms with Crippen molar-refractivity contribution in [3.05, 3.63) is 33.5 Å². The number of hydrogen-bond acceptors (Lipinski definition) is 2. The van der Waals surface area contributed by atoms with Gasteiger partial charge in [0, 0.05) is 10.0 Å². The van der Waals surface area contributed by atoms with Crippen LogP contribution in [0.2, 0.25) is 0 Å². The maximum Gasteiger partial charge on any atom is 0.251 e. The third kappa shape index (κ3) is 2.98. The summed E-state index contributed by atoms with van der Waals surface area (Å²) < 4.78 is 39.1. The molecule has 1 rings (SSSR count). The lowest BCUT2D eigenvalue weighted by Gasteiger charge is -2.16. The summed E-state index contributed by atoms with van der Waals surface area (Å²) in [5.74, 6) is -3.87. The second-order valence-corrected chi connectivity index (χ2v) is 4.26. The van der Waals surface area contributed by atoms with Crippen LogP contribution in [0.3, 0.4) is 0 Å². The minimum absolute atomic E-state index is 0.238. The van der Waals surface area contributed by atoms with Crippen LogP contribution in [0.15, 0.2) is 16.6 Å². The van der Waals surface area contributed by atoms with Gasteiger partial charge >= 0.3 is 0 Å². The number of benzene rings is 1. The van der Waals surface area contributed by atoms with Crippen LogP contribution >= 0.6 is 15.9 Å². The molecule has 0 heterocycles. The van der Waals surface area contributed by atoms with Gasteiger partial charge in [0.25, 0.3) is 5.91 Å². The highest BCUT2D eigenvalue weighted by Gasteiger charge is 2.27. The largest absolute Gasteiger partial charge is 0.396 e. The smallest absolute Gasteiger partial charge is 0.251 e. The van der Waals surface area contributed by atoms with Gasteiger partial charge in [0.15, 0.2) is 0 Å². The van der Waals surface area contributed by atoms with Crippen molar-refractivity contribution in [1.29, 1.82) is 0 Å². The summed E-state index contributed by atoms with van der Waals surface area (Å²) >= 11 is 2.96. The Hall–Kier alpha value is -1.08. The average molecular weight is 312 g/mol. The van der Waals surface area contributed by atoms with E-state index in [1.165, 1.54) is 0 Å². The molecule has 3 N–H and O–H groups in total. The lowest BCUT2D eigenvalue weighted by Crippen LogP contribution is -2.19. The fourth-order valence-corrected chi connectivity index (χ4v) is 1.85. The van der Waals surface area contributed by atoms with Crippen LogP contribution in [0.4, 0.5) is 13.2 Å². The van der Waals surface area contributed by atoms with E-state index in [-0.39, 0.29) is 4.47 Å². The zero-order valence-corrected chi connectivity index (χ0v) is 10.0. The Labute approximate surface area is 104 Å². The molecule has 17 heavy (non-hydrogen) atoms. The van der Waals surface area contributed by atoms with Crippen molar-refractivity contribution in [3.8, 4) is 0 Å². The molecule has 0 aliphatic rings. The van der Waals surface area contributed by atoms with Gasteiger partial charge in [-0.3, -0.25) is 4.79 Å². The van der Waals surface area contributed by atoms with Gasteiger partial charge in [-0.05, 0) is 12.1 Å². The summed E-state index contributed by atoms with van der Waals surface area (Å²) in [6, 6.07) is 2.19. The summed E-state index contributed by atoms with van der Waals surface area (Å²) in [6.45, 7) is -0.927. The Kier molecular flexibility index (Phi) is 4.53. The highest BCUT2D eigenvalue weighted by atomic mass is 79.9. The predicted octanol–water partition coefficient (Wildman–Crippen LogP) is 2.03. The molecule has 1 atom stereocenters. The molecule has 7 heteroatoms. The lowest BCUT2D eigenvalue weighted by molar-refractivity contribution is 0.0789. The van der Waals surface area contributed by atoms with Crippen LogP contribution in [-0.2, 0) is 0 Å². The van der Waals surface area contributed by atoms with E-state index in [0.29, 0.717) is 0 Å². The molecule has 0 saturated heterocycles. The van der Waals surface area contributed by atoms with Gasteiger partial charge in [0.05, 0.1) is 18.1 Å². The number of alkyl halides is 2. The van der Waals surface area contributed by atoms with Gasteiger partial charge in [0.2, 0.25) is 6.43 Å². The normalized spacial score (nSPS) is 12.8. The van der Waals surface area contributed by atoms with Gasteiger partial charge in [-0.25, -0.2) is 13.2 Å². The van der Waals surface area contributed by atoms with Crippen molar-refractivity contribution in [1.82, 2.24) is 0 Å². The third-order valence-corrected chi connectivity index (χ3v) is 2.69. The summed E-state index contributed by atoms with van der Waals surface area (Å²) in [7, 11) is 0. The van der Waals surface area contributed by atoms with E-state index in [9.17, 15) is 18.0 Å². The van der Waals surface area contributed by atoms with Crippen molar-refractivity contribution in [3.63, 3.8) is 0 Å². The first-order chi connectivity index (χ1) is 7.88. The first kappa shape index (κ1) is 14.0. The molecule has 94 valence electrons. The van der Waals surface area contributed by atoms with Crippen LogP contribution < -0.4 is 5.73 Å². The number of aliphatic hydroxyl groups excluding tert-OH is 1. The fraction of sp³-hybridized carbons (Fsp3) is 0.300. The Balaban J connectivity index is 3.37. The number of hydrogen-bond donors (Lipinski definition) is 2. The number of halogens is 4. The molecule has 1 aromatic carbocycles. The molecule has 0 bridgehead atoms. The van der Waals surface area contributed by atoms with Crippen LogP contribution in [0.1, 0.15) is 21.8 Å². The van der Waals surface area contributed by atoms with Crippen molar-refractivity contribution >= 4 is 21.8 Å². The number of carbonyl (C=O) groups excluding carboxylic acids is 1. The molecule has 1 aromatic rings. The van der Waals surface area contributed by atoms with E-state index in [2.05, 4.69) is 15.9 Å². The Morgan fingerprint density at radius 2 is 2.06 bits per heavy atom. The fourth-order valence-electron chi connectivity index (χ4n) is 1.37. The quantitative estimate of drug-likeness (QED) is 0.893. The standard InChI is InChI=1S/C10H9BrF3NO2/c11-4-1-5(7(3-16)9(13)14)8(12)6(2-4)10(15)17/h1-2,7,9,16H,3H2,(H2,15,17). The highest BCUT2D eigenvalue weighted by Crippen LogP contribution is 2.30. The Bertz CT molecular complexity index is 440. The highest BCUT2D eigenvalue weighted by molar-refractivity contribution is 9.10. The van der Waals surface area contributed by atoms with E-state index in [1.54, 1.807) is 0 Å². The zero-order valence-electron chi connectivity index (χ0n) is 8.46. The molecule has 0 aliphatic heterocycles. The van der Waals surface area contributed by atoms with E-state index < -0.39 is 41.8 Å². The zero-order chi connectivity index (χ0) is 13.2. The summed E-state index contributed by atoms with van der Waals surface area (Å²) in [5.41, 5.74) is 3.99. The average Bonchev–Trinajstić information content (AvgIpc) is 2.22. The molecule has 0 aliphatic carbocycles. The lowest BCUT2D eigenvalue weighted by atomic mass is 9.97. The first-order valence-electron chi connectivity index (χ1n) is 4.56. The number of primary amides is 1. The van der Waals surface area contributed by atoms with Crippen LogP contribution in [0.25, 0.3) is 0 Å². The minimum Gasteiger partial charge on any atom is -0.396 e. The molecular formula is C10H9BrF3NO2. The summed E-state index contributed by atoms with van der Waals surface area (Å²) in [6.07, 6.45) is -2.94. The molecule has 0 fully saturated rings. The third-order valence-electron chi connectivity index (χ3n) is 2.23. The molecule has 0 aromatic heterocycles. The number of aliphatic hydroxyl groups is 1. The van der Waals surface area contributed by atoms with Gasteiger partial charge < -0.3 is 10.8 Å². The van der Waals surface area contributed by atoms with Gasteiger partial charge in [0.1, 0.15) is 5.82 Å². The number of rotatable bonds is 4. The maximum absolute atomic E-state index is 13.7. The van der Waals surface area contributed by atoms with Crippen LogP contribution in [-0.4, -0.2) is 24.0 Å². The number of carbonyl (C=O) groups is 1. The second kappa shape index (κ2) is 5.50. The van der Waals surface area contributed by atoms with Crippen molar-refractivity contribution in [2.75, 3.05) is 6.61 Å². The van der Waals surface area contributed by atoms with E-state index in [0.717, 1.165) is 12.1 Å². The van der Waals surface area contributed by atoms with E-state index in [4.69, 9.17) is 10.8 Å². The van der Waals surface area contributed by atoms with Crippen molar-refractivity contribution in [2.45, 2.75) is 12.3 Å². The number of amides is 1. The molecule has 0 saturated carbocycles. The van der Waals surface area contributed by atoms with Crippen molar-refractivity contribution in [2.24, 2.45) is 5.73 Å². The maximum atomic E-state index is 13.7.